The second-order valence-corrected chi connectivity index (χ2v) is 8.93. The van der Waals surface area contributed by atoms with Crippen molar-refractivity contribution in [1.29, 1.82) is 0 Å². The Balaban J connectivity index is 2.07. The number of rotatable bonds is 7. The molecule has 27 heavy (non-hydrogen) atoms. The molecule has 1 amide bonds. The molecule has 0 aliphatic carbocycles. The molecule has 0 radical (unpaired) electrons. The van der Waals surface area contributed by atoms with E-state index in [2.05, 4.69) is 11.4 Å². The molecule has 0 aromatic heterocycles. The van der Waals surface area contributed by atoms with Gasteiger partial charge in [0.1, 0.15) is 5.75 Å². The van der Waals surface area contributed by atoms with E-state index in [0.717, 1.165) is 16.7 Å². The van der Waals surface area contributed by atoms with Crippen LogP contribution in [0, 0.1) is 13.8 Å². The monoisotopic (exact) mass is 389 g/mol. The SMILES string of the molecule is CC[C@@H](Oc1cc(C)cc(C)c1)C(=O)N[C@@H](C)c1ccc(S(C)(=O)=O)cc1. The average molecular weight is 390 g/mol. The van der Waals surface area contributed by atoms with Crippen LogP contribution in [0.1, 0.15) is 43.0 Å². The van der Waals surface area contributed by atoms with E-state index in [9.17, 15) is 13.2 Å². The molecule has 5 nitrogen and oxygen atoms in total. The summed E-state index contributed by atoms with van der Waals surface area (Å²) in [5.74, 6) is 0.482. The highest BCUT2D eigenvalue weighted by Gasteiger charge is 2.21. The van der Waals surface area contributed by atoms with Crippen LogP contribution in [0.2, 0.25) is 0 Å². The van der Waals surface area contributed by atoms with Gasteiger partial charge in [0.15, 0.2) is 15.9 Å². The second kappa shape index (κ2) is 8.57. The first-order valence-electron chi connectivity index (χ1n) is 8.95. The van der Waals surface area contributed by atoms with Crippen LogP contribution in [0.5, 0.6) is 5.75 Å². The average Bonchev–Trinajstić information content (AvgIpc) is 2.58. The van der Waals surface area contributed by atoms with Gasteiger partial charge in [-0.15, -0.1) is 0 Å². The van der Waals surface area contributed by atoms with Gasteiger partial charge in [-0.3, -0.25) is 4.79 Å². The standard InChI is InChI=1S/C21H27NO4S/c1-6-20(26-18-12-14(2)11-15(3)13-18)21(23)22-16(4)17-7-9-19(10-8-17)27(5,24)25/h7-13,16,20H,6H2,1-5H3,(H,22,23)/t16-,20+/m0/s1. The molecule has 6 heteroatoms. The van der Waals surface area contributed by atoms with Crippen molar-refractivity contribution in [2.45, 2.75) is 51.2 Å². The van der Waals surface area contributed by atoms with Gasteiger partial charge in [-0.25, -0.2) is 8.42 Å². The Morgan fingerprint density at radius 2 is 1.63 bits per heavy atom. The molecule has 2 atom stereocenters. The van der Waals surface area contributed by atoms with Crippen molar-refractivity contribution in [2.75, 3.05) is 6.26 Å². The molecule has 2 aromatic carbocycles. The lowest BCUT2D eigenvalue weighted by molar-refractivity contribution is -0.128. The molecule has 146 valence electrons. The van der Waals surface area contributed by atoms with E-state index in [4.69, 9.17) is 4.74 Å². The maximum absolute atomic E-state index is 12.6. The van der Waals surface area contributed by atoms with E-state index >= 15 is 0 Å². The summed E-state index contributed by atoms with van der Waals surface area (Å²) in [7, 11) is -3.23. The smallest absolute Gasteiger partial charge is 0.261 e. The first kappa shape index (κ1) is 21.0. The quantitative estimate of drug-likeness (QED) is 0.783. The van der Waals surface area contributed by atoms with Crippen LogP contribution in [0.25, 0.3) is 0 Å². The molecule has 0 saturated heterocycles. The van der Waals surface area contributed by atoms with Crippen LogP contribution in [-0.4, -0.2) is 26.7 Å². The normalized spacial score (nSPS) is 13.7. The largest absolute Gasteiger partial charge is 0.481 e. The van der Waals surface area contributed by atoms with Gasteiger partial charge in [0.05, 0.1) is 10.9 Å². The Labute approximate surface area is 161 Å². The maximum Gasteiger partial charge on any atom is 0.261 e. The van der Waals surface area contributed by atoms with Gasteiger partial charge in [-0.2, -0.15) is 0 Å². The molecular formula is C21H27NO4S. The minimum Gasteiger partial charge on any atom is -0.481 e. The number of aryl methyl sites for hydroxylation is 2. The Kier molecular flexibility index (Phi) is 6.65. The Morgan fingerprint density at radius 3 is 2.11 bits per heavy atom. The number of carbonyl (C=O) groups is 1. The molecule has 0 unspecified atom stereocenters. The van der Waals surface area contributed by atoms with E-state index in [-0.39, 0.29) is 16.8 Å². The minimum atomic E-state index is -3.23. The summed E-state index contributed by atoms with van der Waals surface area (Å²) < 4.78 is 29.0. The molecular weight excluding hydrogens is 362 g/mol. The zero-order valence-electron chi connectivity index (χ0n) is 16.4. The lowest BCUT2D eigenvalue weighted by atomic mass is 10.1. The number of nitrogens with one attached hydrogen (secondary N) is 1. The topological polar surface area (TPSA) is 72.5 Å². The number of carbonyl (C=O) groups excluding carboxylic acids is 1. The summed E-state index contributed by atoms with van der Waals surface area (Å²) in [6.07, 6.45) is 1.12. The zero-order valence-corrected chi connectivity index (χ0v) is 17.3. The van der Waals surface area contributed by atoms with Crippen molar-refractivity contribution >= 4 is 15.7 Å². The van der Waals surface area contributed by atoms with Gasteiger partial charge >= 0.3 is 0 Å². The van der Waals surface area contributed by atoms with Crippen LogP contribution in [0.3, 0.4) is 0 Å². The Morgan fingerprint density at radius 1 is 1.07 bits per heavy atom. The zero-order chi connectivity index (χ0) is 20.2. The van der Waals surface area contributed by atoms with Crippen molar-refractivity contribution in [2.24, 2.45) is 0 Å². The molecule has 0 bridgehead atoms. The number of amides is 1. The number of ether oxygens (including phenoxy) is 1. The lowest BCUT2D eigenvalue weighted by Gasteiger charge is -2.21. The predicted octanol–water partition coefficient (Wildman–Crippen LogP) is 3.74. The van der Waals surface area contributed by atoms with Gasteiger partial charge in [0.2, 0.25) is 0 Å². The maximum atomic E-state index is 12.6. The highest BCUT2D eigenvalue weighted by atomic mass is 32.2. The van der Waals surface area contributed by atoms with Crippen LogP contribution in [0.4, 0.5) is 0 Å². The number of hydrogen-bond acceptors (Lipinski definition) is 4. The Hall–Kier alpha value is -2.34. The van der Waals surface area contributed by atoms with Gasteiger partial charge in [-0.1, -0.05) is 25.1 Å². The summed E-state index contributed by atoms with van der Waals surface area (Å²) >= 11 is 0. The highest BCUT2D eigenvalue weighted by molar-refractivity contribution is 7.90. The summed E-state index contributed by atoms with van der Waals surface area (Å²) in [5, 5.41) is 2.94. The van der Waals surface area contributed by atoms with E-state index < -0.39 is 15.9 Å². The van der Waals surface area contributed by atoms with Crippen LogP contribution in [-0.2, 0) is 14.6 Å². The second-order valence-electron chi connectivity index (χ2n) is 6.91. The fraction of sp³-hybridized carbons (Fsp3) is 0.381. The summed E-state index contributed by atoms with van der Waals surface area (Å²) in [6, 6.07) is 12.2. The van der Waals surface area contributed by atoms with Crippen molar-refractivity contribution in [3.63, 3.8) is 0 Å². The van der Waals surface area contributed by atoms with E-state index in [0.29, 0.717) is 12.2 Å². The van der Waals surface area contributed by atoms with Crippen molar-refractivity contribution in [3.8, 4) is 5.75 Å². The molecule has 2 aromatic rings. The molecule has 0 aliphatic rings. The fourth-order valence-electron chi connectivity index (χ4n) is 2.88. The molecule has 0 aliphatic heterocycles. The summed E-state index contributed by atoms with van der Waals surface area (Å²) in [4.78, 5) is 12.9. The van der Waals surface area contributed by atoms with E-state index in [1.165, 1.54) is 6.26 Å². The van der Waals surface area contributed by atoms with E-state index in [1.54, 1.807) is 24.3 Å². The third kappa shape index (κ3) is 5.82. The number of benzene rings is 2. The molecule has 1 N–H and O–H groups in total. The lowest BCUT2D eigenvalue weighted by Crippen LogP contribution is -2.39. The van der Waals surface area contributed by atoms with Gasteiger partial charge in [-0.05, 0) is 68.1 Å². The van der Waals surface area contributed by atoms with Crippen LogP contribution < -0.4 is 10.1 Å². The number of hydrogen-bond donors (Lipinski definition) is 1. The first-order valence-corrected chi connectivity index (χ1v) is 10.8. The summed E-state index contributed by atoms with van der Waals surface area (Å²) in [5.41, 5.74) is 3.00. The Bertz CT molecular complexity index is 884. The van der Waals surface area contributed by atoms with Crippen LogP contribution in [0.15, 0.2) is 47.4 Å². The predicted molar refractivity (Wildman–Crippen MR) is 107 cm³/mol. The van der Waals surface area contributed by atoms with Crippen molar-refractivity contribution in [1.82, 2.24) is 5.32 Å². The number of sulfone groups is 1. The minimum absolute atomic E-state index is 0.198. The molecule has 0 heterocycles. The van der Waals surface area contributed by atoms with Gasteiger partial charge in [0.25, 0.3) is 5.91 Å². The molecule has 2 rings (SSSR count). The highest BCUT2D eigenvalue weighted by Crippen LogP contribution is 2.20. The molecule has 0 saturated carbocycles. The fourth-order valence-corrected chi connectivity index (χ4v) is 3.51. The van der Waals surface area contributed by atoms with Crippen molar-refractivity contribution < 1.29 is 17.9 Å². The van der Waals surface area contributed by atoms with Gasteiger partial charge < -0.3 is 10.1 Å². The third-order valence-corrected chi connectivity index (χ3v) is 5.43. The third-order valence-electron chi connectivity index (χ3n) is 4.30. The first-order chi connectivity index (χ1) is 12.6. The molecule has 0 spiro atoms. The molecule has 0 fully saturated rings. The summed E-state index contributed by atoms with van der Waals surface area (Å²) in [6.45, 7) is 7.74. The van der Waals surface area contributed by atoms with Gasteiger partial charge in [0, 0.05) is 6.26 Å². The van der Waals surface area contributed by atoms with Crippen molar-refractivity contribution in [3.05, 3.63) is 59.2 Å². The van der Waals surface area contributed by atoms with E-state index in [1.807, 2.05) is 39.8 Å². The van der Waals surface area contributed by atoms with Crippen LogP contribution >= 0.6 is 0 Å².